The van der Waals surface area contributed by atoms with Gasteiger partial charge in [0.15, 0.2) is 0 Å². The van der Waals surface area contributed by atoms with Gasteiger partial charge in [0.05, 0.1) is 0 Å². The lowest BCUT2D eigenvalue weighted by atomic mass is 9.86. The molecule has 0 radical (unpaired) electrons. The van der Waals surface area contributed by atoms with E-state index in [0.29, 0.717) is 17.2 Å². The Kier molecular flexibility index (Phi) is 13.9. The van der Waals surface area contributed by atoms with E-state index in [2.05, 4.69) is 30.0 Å². The zero-order chi connectivity index (χ0) is 21.6. The fraction of sp³-hybridized carbons (Fsp3) is 0.913. The van der Waals surface area contributed by atoms with Crippen molar-refractivity contribution in [3.05, 3.63) is 0 Å². The number of hydrogen-bond donors (Lipinski definition) is 0. The molecule has 3 rings (SSSR count). The molecular formula is C23H45N3O2S. The van der Waals surface area contributed by atoms with E-state index in [-0.39, 0.29) is 0 Å². The lowest BCUT2D eigenvalue weighted by Crippen LogP contribution is -2.50. The van der Waals surface area contributed by atoms with Gasteiger partial charge in [0, 0.05) is 56.5 Å². The third-order valence-corrected chi connectivity index (χ3v) is 7.08. The molecule has 0 bridgehead atoms. The van der Waals surface area contributed by atoms with Crippen molar-refractivity contribution in [2.24, 2.45) is 11.8 Å². The number of carbonyl (C=O) groups is 2. The largest absolute Gasteiger partial charge is 0.345 e. The highest BCUT2D eigenvalue weighted by molar-refractivity contribution is 7.97. The molecule has 2 heterocycles. The van der Waals surface area contributed by atoms with Crippen LogP contribution in [0.3, 0.4) is 0 Å². The first-order valence-corrected chi connectivity index (χ1v) is 12.7. The van der Waals surface area contributed by atoms with Crippen LogP contribution in [0.25, 0.3) is 0 Å². The fourth-order valence-corrected chi connectivity index (χ4v) is 5.29. The molecule has 0 aromatic rings. The molecule has 0 aromatic carbocycles. The van der Waals surface area contributed by atoms with Crippen molar-refractivity contribution in [2.75, 3.05) is 39.3 Å². The molecule has 0 unspecified atom stereocenters. The third kappa shape index (κ3) is 10.3. The van der Waals surface area contributed by atoms with Crippen LogP contribution in [0.1, 0.15) is 73.1 Å². The van der Waals surface area contributed by atoms with Gasteiger partial charge in [0.1, 0.15) is 6.29 Å². The number of likely N-dealkylation sites (tertiary alicyclic amines) is 1. The van der Waals surface area contributed by atoms with Crippen molar-refractivity contribution < 1.29 is 9.59 Å². The first kappa shape index (κ1) is 26.4. The maximum Gasteiger partial charge on any atom is 0.209 e. The number of piperidine rings is 1. The summed E-state index contributed by atoms with van der Waals surface area (Å²) in [5.74, 6) is 1.15. The number of hydrogen-bond acceptors (Lipinski definition) is 5. The first-order valence-electron chi connectivity index (χ1n) is 11.8. The third-order valence-electron chi connectivity index (χ3n) is 5.65. The van der Waals surface area contributed by atoms with E-state index in [4.69, 9.17) is 0 Å². The number of carbonyl (C=O) groups excluding carboxylic acids is 2. The summed E-state index contributed by atoms with van der Waals surface area (Å²) in [5.41, 5.74) is 0. The molecule has 6 heteroatoms. The van der Waals surface area contributed by atoms with Crippen LogP contribution in [0.15, 0.2) is 0 Å². The Balaban J connectivity index is 0.000000627. The van der Waals surface area contributed by atoms with E-state index in [1.54, 1.807) is 0 Å². The number of rotatable bonds is 5. The zero-order valence-corrected chi connectivity index (χ0v) is 20.3. The Morgan fingerprint density at radius 3 is 1.76 bits per heavy atom. The predicted molar refractivity (Wildman–Crippen MR) is 125 cm³/mol. The van der Waals surface area contributed by atoms with Crippen LogP contribution in [-0.4, -0.2) is 77.4 Å². The summed E-state index contributed by atoms with van der Waals surface area (Å²) in [7, 11) is 0. The fourth-order valence-electron chi connectivity index (χ4n) is 4.07. The highest BCUT2D eigenvalue weighted by Crippen LogP contribution is 2.30. The molecule has 0 aromatic heterocycles. The number of amides is 1. The molecule has 5 nitrogen and oxygen atoms in total. The van der Waals surface area contributed by atoms with Gasteiger partial charge in [-0.2, -0.15) is 0 Å². The molecule has 1 saturated carbocycles. The Morgan fingerprint density at radius 1 is 0.793 bits per heavy atom. The molecule has 2 aliphatic heterocycles. The molecule has 1 amide bonds. The van der Waals surface area contributed by atoms with Crippen LogP contribution < -0.4 is 0 Å². The molecule has 1 aliphatic carbocycles. The Morgan fingerprint density at radius 2 is 1.31 bits per heavy atom. The van der Waals surface area contributed by atoms with Crippen molar-refractivity contribution in [3.63, 3.8) is 0 Å². The maximum atomic E-state index is 10.9. The molecule has 0 spiro atoms. The second kappa shape index (κ2) is 15.2. The Hall–Kier alpha value is -0.590. The van der Waals surface area contributed by atoms with Crippen molar-refractivity contribution in [3.8, 4) is 0 Å². The van der Waals surface area contributed by atoms with Gasteiger partial charge in [0.2, 0.25) is 6.41 Å². The molecule has 0 atom stereocenters. The zero-order valence-electron chi connectivity index (χ0n) is 19.5. The van der Waals surface area contributed by atoms with Gasteiger partial charge < -0.3 is 9.69 Å². The highest BCUT2D eigenvalue weighted by atomic mass is 32.2. The lowest BCUT2D eigenvalue weighted by molar-refractivity contribution is -0.118. The second-order valence-electron chi connectivity index (χ2n) is 8.85. The van der Waals surface area contributed by atoms with Crippen molar-refractivity contribution in [2.45, 2.75) is 84.4 Å². The van der Waals surface area contributed by atoms with Gasteiger partial charge >= 0.3 is 0 Å². The number of piperazine rings is 1. The smallest absolute Gasteiger partial charge is 0.209 e. The molecular weight excluding hydrogens is 382 g/mol. The molecule has 0 N–H and O–H groups in total. The van der Waals surface area contributed by atoms with Crippen molar-refractivity contribution in [1.82, 2.24) is 14.1 Å². The lowest BCUT2D eigenvalue weighted by Gasteiger charge is -2.42. The Labute approximate surface area is 184 Å². The van der Waals surface area contributed by atoms with E-state index >= 15 is 0 Å². The van der Waals surface area contributed by atoms with Crippen LogP contribution in [-0.2, 0) is 9.59 Å². The van der Waals surface area contributed by atoms with Crippen molar-refractivity contribution in [1.29, 1.82) is 0 Å². The minimum Gasteiger partial charge on any atom is -0.345 e. The molecule has 170 valence electrons. The number of nitrogens with zero attached hydrogens (tertiary/aromatic N) is 3. The summed E-state index contributed by atoms with van der Waals surface area (Å²) in [6.07, 6.45) is 8.94. The van der Waals surface area contributed by atoms with Gasteiger partial charge in [-0.15, -0.1) is 0 Å². The average molecular weight is 428 g/mol. The van der Waals surface area contributed by atoms with Crippen LogP contribution >= 0.6 is 11.9 Å². The predicted octanol–water partition coefficient (Wildman–Crippen LogP) is 4.32. The normalized spacial score (nSPS) is 26.8. The highest BCUT2D eigenvalue weighted by Gasteiger charge is 2.29. The van der Waals surface area contributed by atoms with Gasteiger partial charge in [-0.1, -0.05) is 46.6 Å². The van der Waals surface area contributed by atoms with E-state index in [1.807, 2.05) is 30.7 Å². The van der Waals surface area contributed by atoms with Gasteiger partial charge in [-0.25, -0.2) is 4.31 Å². The SMILES string of the molecule is CC.CC(C)C.O=CC1CCC(N2CCN(SC3CCN(C=O)CC3)CC2)CC1. The maximum absolute atomic E-state index is 10.9. The summed E-state index contributed by atoms with van der Waals surface area (Å²) in [6.45, 7) is 17.0. The monoisotopic (exact) mass is 427 g/mol. The quantitative estimate of drug-likeness (QED) is 0.483. The summed E-state index contributed by atoms with van der Waals surface area (Å²) in [5, 5.41) is 0.681. The summed E-state index contributed by atoms with van der Waals surface area (Å²) < 4.78 is 2.54. The van der Waals surface area contributed by atoms with Crippen LogP contribution in [0.4, 0.5) is 0 Å². The van der Waals surface area contributed by atoms with E-state index in [0.717, 1.165) is 83.6 Å². The first-order chi connectivity index (χ1) is 14.0. The van der Waals surface area contributed by atoms with Gasteiger partial charge in [0.25, 0.3) is 0 Å². The average Bonchev–Trinajstić information content (AvgIpc) is 2.76. The second-order valence-corrected chi connectivity index (χ2v) is 10.2. The summed E-state index contributed by atoms with van der Waals surface area (Å²) in [4.78, 5) is 26.2. The van der Waals surface area contributed by atoms with E-state index in [9.17, 15) is 9.59 Å². The van der Waals surface area contributed by atoms with Crippen LogP contribution in [0.2, 0.25) is 0 Å². The summed E-state index contributed by atoms with van der Waals surface area (Å²) in [6, 6.07) is 0.703. The van der Waals surface area contributed by atoms with Gasteiger partial charge in [-0.05, 0) is 44.4 Å². The minimum absolute atomic E-state index is 0.320. The Bertz CT molecular complexity index is 423. The molecule has 3 aliphatic rings. The molecule has 29 heavy (non-hydrogen) atoms. The molecule has 2 saturated heterocycles. The van der Waals surface area contributed by atoms with Gasteiger partial charge in [-0.3, -0.25) is 9.69 Å². The summed E-state index contributed by atoms with van der Waals surface area (Å²) >= 11 is 2.02. The van der Waals surface area contributed by atoms with Crippen molar-refractivity contribution >= 4 is 24.6 Å². The minimum atomic E-state index is 0.320. The van der Waals surface area contributed by atoms with Crippen LogP contribution in [0, 0.1) is 11.8 Å². The molecule has 3 fully saturated rings. The van der Waals surface area contributed by atoms with Crippen LogP contribution in [0.5, 0.6) is 0 Å². The van der Waals surface area contributed by atoms with E-state index in [1.165, 1.54) is 12.8 Å². The standard InChI is InChI=1S/C17H29N3O2S.C4H10.C2H6/c21-13-15-1-3-16(4-2-15)19-9-11-20(12-10-19)23-17-5-7-18(14-22)8-6-17;1-4(2)3;1-2/h13-17H,1-12H2;4H,1-3H3;1-2H3. The number of aldehydes is 1. The van der Waals surface area contributed by atoms with E-state index < -0.39 is 0 Å². The topological polar surface area (TPSA) is 43.9 Å².